The fraction of sp³-hybridized carbons (Fsp3) is 0.600. The summed E-state index contributed by atoms with van der Waals surface area (Å²) in [7, 11) is 1.55. The summed E-state index contributed by atoms with van der Waals surface area (Å²) in [5.74, 6) is 0.610. The summed E-state index contributed by atoms with van der Waals surface area (Å²) in [5, 5.41) is 17.8. The first kappa shape index (κ1) is 15.6. The minimum atomic E-state index is -0.374. The largest absolute Gasteiger partial charge is 0.497 e. The van der Waals surface area contributed by atoms with Crippen LogP contribution in [0.1, 0.15) is 26.7 Å². The summed E-state index contributed by atoms with van der Waals surface area (Å²) < 4.78 is 5.14. The normalized spacial score (nSPS) is 20.8. The molecular weight excluding hydrogens is 270 g/mol. The number of hydrogen-bond acceptors (Lipinski definition) is 5. The number of nitrogens with zero attached hydrogens (tertiary/aromatic N) is 1. The van der Waals surface area contributed by atoms with E-state index < -0.39 is 0 Å². The summed E-state index contributed by atoms with van der Waals surface area (Å²) in [6.07, 6.45) is 2.33. The van der Waals surface area contributed by atoms with Crippen molar-refractivity contribution in [1.82, 2.24) is 5.32 Å². The van der Waals surface area contributed by atoms with Crippen LogP contribution in [0.3, 0.4) is 0 Å². The van der Waals surface area contributed by atoms with Crippen LogP contribution in [0.5, 0.6) is 5.75 Å². The van der Waals surface area contributed by atoms with E-state index in [1.807, 2.05) is 0 Å². The van der Waals surface area contributed by atoms with Gasteiger partial charge >= 0.3 is 0 Å². The number of nitro groups is 1. The smallest absolute Gasteiger partial charge is 0.292 e. The molecule has 0 amide bonds. The van der Waals surface area contributed by atoms with Gasteiger partial charge in [-0.15, -0.1) is 0 Å². The zero-order chi connectivity index (χ0) is 15.5. The van der Waals surface area contributed by atoms with E-state index in [4.69, 9.17) is 4.74 Å². The van der Waals surface area contributed by atoms with E-state index in [1.54, 1.807) is 19.2 Å². The molecule has 1 heterocycles. The lowest BCUT2D eigenvalue weighted by Gasteiger charge is -2.39. The van der Waals surface area contributed by atoms with Crippen molar-refractivity contribution in [1.29, 1.82) is 0 Å². The molecule has 2 N–H and O–H groups in total. The number of ether oxygens (including phenoxy) is 1. The van der Waals surface area contributed by atoms with Gasteiger partial charge in [-0.3, -0.25) is 10.1 Å². The molecule has 1 aliphatic rings. The molecule has 1 aromatic carbocycles. The Morgan fingerprint density at radius 3 is 2.90 bits per heavy atom. The first-order valence-corrected chi connectivity index (χ1v) is 7.24. The maximum Gasteiger partial charge on any atom is 0.292 e. The highest BCUT2D eigenvalue weighted by Crippen LogP contribution is 2.32. The quantitative estimate of drug-likeness (QED) is 0.645. The highest BCUT2D eigenvalue weighted by molar-refractivity contribution is 5.64. The first-order valence-electron chi connectivity index (χ1n) is 7.24. The molecule has 0 aliphatic carbocycles. The van der Waals surface area contributed by atoms with Gasteiger partial charge in [-0.25, -0.2) is 0 Å². The Bertz CT molecular complexity index is 517. The van der Waals surface area contributed by atoms with E-state index in [9.17, 15) is 10.1 Å². The molecule has 0 aromatic heterocycles. The average Bonchev–Trinajstić information content (AvgIpc) is 2.45. The van der Waals surface area contributed by atoms with Gasteiger partial charge in [-0.1, -0.05) is 13.8 Å². The summed E-state index contributed by atoms with van der Waals surface area (Å²) in [6.45, 7) is 6.11. The Hall–Kier alpha value is -1.82. The number of anilines is 1. The highest BCUT2D eigenvalue weighted by atomic mass is 16.6. The summed E-state index contributed by atoms with van der Waals surface area (Å²) >= 11 is 0. The molecule has 1 unspecified atom stereocenters. The van der Waals surface area contributed by atoms with Crippen LogP contribution >= 0.6 is 0 Å². The summed E-state index contributed by atoms with van der Waals surface area (Å²) in [4.78, 5) is 10.7. The van der Waals surface area contributed by atoms with Crippen LogP contribution in [-0.4, -0.2) is 31.2 Å². The van der Waals surface area contributed by atoms with Crippen LogP contribution < -0.4 is 15.4 Å². The number of nitro benzene ring substituents is 1. The van der Waals surface area contributed by atoms with Gasteiger partial charge in [0.15, 0.2) is 0 Å². The van der Waals surface area contributed by atoms with E-state index in [1.165, 1.54) is 12.5 Å². The fourth-order valence-corrected chi connectivity index (χ4v) is 2.77. The van der Waals surface area contributed by atoms with E-state index in [2.05, 4.69) is 24.5 Å². The monoisotopic (exact) mass is 293 g/mol. The molecule has 6 nitrogen and oxygen atoms in total. The van der Waals surface area contributed by atoms with Crippen LogP contribution in [0, 0.1) is 15.5 Å². The number of benzene rings is 1. The molecule has 116 valence electrons. The van der Waals surface area contributed by atoms with Gasteiger partial charge < -0.3 is 15.4 Å². The second kappa shape index (κ2) is 6.30. The molecule has 1 aromatic rings. The van der Waals surface area contributed by atoms with Crippen molar-refractivity contribution < 1.29 is 9.66 Å². The number of piperidine rings is 1. The van der Waals surface area contributed by atoms with Crippen molar-refractivity contribution in [3.05, 3.63) is 28.3 Å². The molecule has 1 atom stereocenters. The van der Waals surface area contributed by atoms with Crippen LogP contribution in [0.4, 0.5) is 11.4 Å². The third-order valence-electron chi connectivity index (χ3n) is 4.23. The number of hydrogen-bond donors (Lipinski definition) is 2. The molecule has 0 spiro atoms. The molecule has 0 bridgehead atoms. The average molecular weight is 293 g/mol. The summed E-state index contributed by atoms with van der Waals surface area (Å²) in [5.41, 5.74) is 0.755. The minimum Gasteiger partial charge on any atom is -0.497 e. The maximum absolute atomic E-state index is 11.1. The third kappa shape index (κ3) is 3.64. The van der Waals surface area contributed by atoms with Crippen molar-refractivity contribution in [2.45, 2.75) is 32.7 Å². The van der Waals surface area contributed by atoms with E-state index in [0.29, 0.717) is 18.0 Å². The molecule has 21 heavy (non-hydrogen) atoms. The number of nitrogens with one attached hydrogen (secondary N) is 2. The second-order valence-electron chi connectivity index (χ2n) is 6.12. The zero-order valence-corrected chi connectivity index (χ0v) is 12.8. The molecule has 6 heteroatoms. The lowest BCUT2D eigenvalue weighted by atomic mass is 9.77. The van der Waals surface area contributed by atoms with Gasteiger partial charge in [-0.05, 0) is 30.9 Å². The van der Waals surface area contributed by atoms with Crippen molar-refractivity contribution in [3.63, 3.8) is 0 Å². The second-order valence-corrected chi connectivity index (χ2v) is 6.12. The van der Waals surface area contributed by atoms with Gasteiger partial charge in [0.05, 0.1) is 12.0 Å². The maximum atomic E-state index is 11.1. The third-order valence-corrected chi connectivity index (χ3v) is 4.23. The first-order chi connectivity index (χ1) is 9.94. The molecule has 0 saturated carbocycles. The Kier molecular flexibility index (Phi) is 4.67. The number of methoxy groups -OCH3 is 1. The molecular formula is C15H23N3O3. The fourth-order valence-electron chi connectivity index (χ4n) is 2.77. The Balaban J connectivity index is 2.13. The van der Waals surface area contributed by atoms with Crippen molar-refractivity contribution in [2.24, 2.45) is 5.41 Å². The standard InChI is InChI=1S/C15H23N3O3/c1-15(2)7-4-8-16-14(15)10-17-12-9-11(21-3)5-6-13(12)18(19)20/h5-6,9,14,16-17H,4,7-8,10H2,1-3H3. The zero-order valence-electron chi connectivity index (χ0n) is 12.8. The Morgan fingerprint density at radius 2 is 2.29 bits per heavy atom. The predicted octanol–water partition coefficient (Wildman–Crippen LogP) is 2.79. The van der Waals surface area contributed by atoms with E-state index in [0.717, 1.165) is 13.0 Å². The van der Waals surface area contributed by atoms with E-state index in [-0.39, 0.29) is 22.1 Å². The molecule has 0 radical (unpaired) electrons. The molecule has 1 saturated heterocycles. The van der Waals surface area contributed by atoms with Crippen molar-refractivity contribution >= 4 is 11.4 Å². The molecule has 1 aliphatic heterocycles. The topological polar surface area (TPSA) is 76.4 Å². The van der Waals surface area contributed by atoms with Gasteiger partial charge in [0, 0.05) is 24.7 Å². The summed E-state index contributed by atoms with van der Waals surface area (Å²) in [6, 6.07) is 5.04. The molecule has 2 rings (SSSR count). The van der Waals surface area contributed by atoms with Gasteiger partial charge in [0.1, 0.15) is 11.4 Å². The lowest BCUT2D eigenvalue weighted by Crippen LogP contribution is -2.50. The van der Waals surface area contributed by atoms with Crippen LogP contribution in [-0.2, 0) is 0 Å². The van der Waals surface area contributed by atoms with Crippen LogP contribution in [0.2, 0.25) is 0 Å². The lowest BCUT2D eigenvalue weighted by molar-refractivity contribution is -0.384. The molecule has 1 fully saturated rings. The van der Waals surface area contributed by atoms with Crippen LogP contribution in [0.25, 0.3) is 0 Å². The SMILES string of the molecule is COc1ccc([N+](=O)[O-])c(NCC2NCCCC2(C)C)c1. The van der Waals surface area contributed by atoms with Gasteiger partial charge in [0.2, 0.25) is 0 Å². The Morgan fingerprint density at radius 1 is 1.52 bits per heavy atom. The minimum absolute atomic E-state index is 0.0735. The van der Waals surface area contributed by atoms with Gasteiger partial charge in [-0.2, -0.15) is 0 Å². The predicted molar refractivity (Wildman–Crippen MR) is 82.9 cm³/mol. The Labute approximate surface area is 125 Å². The van der Waals surface area contributed by atoms with Gasteiger partial charge in [0.25, 0.3) is 5.69 Å². The highest BCUT2D eigenvalue weighted by Gasteiger charge is 2.32. The van der Waals surface area contributed by atoms with E-state index >= 15 is 0 Å². The number of rotatable bonds is 5. The van der Waals surface area contributed by atoms with Crippen molar-refractivity contribution in [3.8, 4) is 5.75 Å². The van der Waals surface area contributed by atoms with Crippen LogP contribution in [0.15, 0.2) is 18.2 Å². The van der Waals surface area contributed by atoms with Crippen molar-refractivity contribution in [2.75, 3.05) is 25.5 Å².